The Bertz CT molecular complexity index is 533. The maximum atomic E-state index is 12.1. The van der Waals surface area contributed by atoms with Crippen molar-refractivity contribution in [3.8, 4) is 0 Å². The molecule has 0 aromatic heterocycles. The van der Waals surface area contributed by atoms with E-state index in [9.17, 15) is 9.90 Å². The summed E-state index contributed by atoms with van der Waals surface area (Å²) in [5.74, 6) is 0.253. The summed E-state index contributed by atoms with van der Waals surface area (Å²) in [6.07, 6.45) is 2.67. The monoisotopic (exact) mass is 363 g/mol. The Morgan fingerprint density at radius 1 is 1.23 bits per heavy atom. The highest BCUT2D eigenvalue weighted by Crippen LogP contribution is 2.24. The van der Waals surface area contributed by atoms with Crippen molar-refractivity contribution in [2.45, 2.75) is 64.8 Å². The molecule has 1 N–H and O–H groups in total. The van der Waals surface area contributed by atoms with E-state index < -0.39 is 5.60 Å². The molecule has 0 bridgehead atoms. The van der Waals surface area contributed by atoms with Gasteiger partial charge in [0.2, 0.25) is 0 Å². The molecule has 1 heterocycles. The number of piperidine rings is 1. The number of aliphatic hydroxyl groups excluding tert-OH is 1. The van der Waals surface area contributed by atoms with Crippen molar-refractivity contribution < 1.29 is 19.4 Å². The van der Waals surface area contributed by atoms with Gasteiger partial charge in [0.15, 0.2) is 0 Å². The van der Waals surface area contributed by atoms with Crippen molar-refractivity contribution in [3.05, 3.63) is 35.9 Å². The number of nitrogens with zero attached hydrogens (tertiary/aromatic N) is 1. The minimum absolute atomic E-state index is 0.250. The number of ether oxygens (including phenoxy) is 2. The Labute approximate surface area is 157 Å². The first-order valence-electron chi connectivity index (χ1n) is 9.63. The van der Waals surface area contributed by atoms with Gasteiger partial charge in [-0.15, -0.1) is 0 Å². The Kier molecular flexibility index (Phi) is 7.91. The molecule has 1 amide bonds. The molecule has 2 rings (SSSR count). The van der Waals surface area contributed by atoms with Crippen LogP contribution in [-0.4, -0.2) is 47.5 Å². The first-order chi connectivity index (χ1) is 12.3. The number of hydrogen-bond donors (Lipinski definition) is 1. The van der Waals surface area contributed by atoms with E-state index in [-0.39, 0.29) is 18.1 Å². The molecule has 1 aromatic rings. The van der Waals surface area contributed by atoms with Gasteiger partial charge < -0.3 is 19.5 Å². The summed E-state index contributed by atoms with van der Waals surface area (Å²) in [6, 6.07) is 10.1. The quantitative estimate of drug-likeness (QED) is 0.744. The van der Waals surface area contributed by atoms with E-state index in [1.54, 1.807) is 4.90 Å². The summed E-state index contributed by atoms with van der Waals surface area (Å²) >= 11 is 0. The fourth-order valence-electron chi connectivity index (χ4n) is 3.19. The smallest absolute Gasteiger partial charge is 0.410 e. The fourth-order valence-corrected chi connectivity index (χ4v) is 3.19. The Balaban J connectivity index is 1.59. The molecule has 26 heavy (non-hydrogen) atoms. The van der Waals surface area contributed by atoms with E-state index in [1.165, 1.54) is 5.56 Å². The molecule has 1 fully saturated rings. The maximum absolute atomic E-state index is 12.1. The number of hydrogen-bond acceptors (Lipinski definition) is 4. The third-order valence-electron chi connectivity index (χ3n) is 4.64. The highest BCUT2D eigenvalue weighted by atomic mass is 16.6. The molecule has 1 unspecified atom stereocenters. The Hall–Kier alpha value is -1.59. The van der Waals surface area contributed by atoms with Crippen LogP contribution >= 0.6 is 0 Å². The van der Waals surface area contributed by atoms with Gasteiger partial charge in [-0.2, -0.15) is 0 Å². The lowest BCUT2D eigenvalue weighted by Crippen LogP contribution is -2.43. The number of benzene rings is 1. The zero-order valence-electron chi connectivity index (χ0n) is 16.3. The van der Waals surface area contributed by atoms with Crippen LogP contribution in [0.3, 0.4) is 0 Å². The van der Waals surface area contributed by atoms with Crippen molar-refractivity contribution in [1.29, 1.82) is 0 Å². The summed E-state index contributed by atoms with van der Waals surface area (Å²) in [7, 11) is 0. The van der Waals surface area contributed by atoms with Crippen LogP contribution in [0.25, 0.3) is 0 Å². The van der Waals surface area contributed by atoms with Gasteiger partial charge in [-0.05, 0) is 57.9 Å². The standard InChI is InChI=1S/C21H33NO4/c1-21(2,3)26-20(24)22-13-11-18(12-14-22)19(23)10-7-15-25-16-17-8-5-4-6-9-17/h4-6,8-9,18-19,23H,7,10-16H2,1-3H3. The third-order valence-corrected chi connectivity index (χ3v) is 4.64. The lowest BCUT2D eigenvalue weighted by molar-refractivity contribution is 0.00513. The predicted octanol–water partition coefficient (Wildman–Crippen LogP) is 3.99. The van der Waals surface area contributed by atoms with Crippen molar-refractivity contribution in [2.75, 3.05) is 19.7 Å². The second kappa shape index (κ2) is 9.93. The van der Waals surface area contributed by atoms with Gasteiger partial charge in [0.25, 0.3) is 0 Å². The average molecular weight is 363 g/mol. The normalized spacial score (nSPS) is 17.2. The van der Waals surface area contributed by atoms with Crippen LogP contribution < -0.4 is 0 Å². The van der Waals surface area contributed by atoms with E-state index in [2.05, 4.69) is 0 Å². The molecule has 146 valence electrons. The van der Waals surface area contributed by atoms with E-state index in [1.807, 2.05) is 51.1 Å². The molecule has 1 aromatic carbocycles. The predicted molar refractivity (Wildman–Crippen MR) is 102 cm³/mol. The zero-order valence-corrected chi connectivity index (χ0v) is 16.3. The number of amides is 1. The molecular weight excluding hydrogens is 330 g/mol. The minimum Gasteiger partial charge on any atom is -0.444 e. The zero-order chi connectivity index (χ0) is 19.0. The molecule has 5 heteroatoms. The molecule has 1 aliphatic rings. The van der Waals surface area contributed by atoms with Gasteiger partial charge in [-0.25, -0.2) is 4.79 Å². The highest BCUT2D eigenvalue weighted by Gasteiger charge is 2.29. The molecule has 5 nitrogen and oxygen atoms in total. The lowest BCUT2D eigenvalue weighted by atomic mass is 9.89. The molecule has 0 aliphatic carbocycles. The number of carbonyl (C=O) groups is 1. The van der Waals surface area contributed by atoms with Gasteiger partial charge in [-0.1, -0.05) is 30.3 Å². The summed E-state index contributed by atoms with van der Waals surface area (Å²) in [4.78, 5) is 13.8. The summed E-state index contributed by atoms with van der Waals surface area (Å²) in [5.41, 5.74) is 0.704. The van der Waals surface area contributed by atoms with E-state index in [0.29, 0.717) is 26.3 Å². The maximum Gasteiger partial charge on any atom is 0.410 e. The fraction of sp³-hybridized carbons (Fsp3) is 0.667. The molecule has 0 spiro atoms. The van der Waals surface area contributed by atoms with Crippen molar-refractivity contribution in [3.63, 3.8) is 0 Å². The molecule has 0 saturated carbocycles. The SMILES string of the molecule is CC(C)(C)OC(=O)N1CCC(C(O)CCCOCc2ccccc2)CC1. The van der Waals surface area contributed by atoms with Crippen molar-refractivity contribution >= 4 is 6.09 Å². The second-order valence-electron chi connectivity index (χ2n) is 8.05. The summed E-state index contributed by atoms with van der Waals surface area (Å²) in [5, 5.41) is 10.4. The Morgan fingerprint density at radius 2 is 1.88 bits per heavy atom. The highest BCUT2D eigenvalue weighted by molar-refractivity contribution is 5.68. The van der Waals surface area contributed by atoms with Crippen LogP contribution in [0.5, 0.6) is 0 Å². The number of aliphatic hydroxyl groups is 1. The first kappa shape index (κ1) is 20.7. The van der Waals surface area contributed by atoms with Crippen LogP contribution in [-0.2, 0) is 16.1 Å². The number of likely N-dealkylation sites (tertiary alicyclic amines) is 1. The average Bonchev–Trinajstić information content (AvgIpc) is 2.61. The second-order valence-corrected chi connectivity index (χ2v) is 8.05. The topological polar surface area (TPSA) is 59.0 Å². The molecule has 1 saturated heterocycles. The van der Waals surface area contributed by atoms with Gasteiger partial charge >= 0.3 is 6.09 Å². The van der Waals surface area contributed by atoms with Gasteiger partial charge in [0.05, 0.1) is 12.7 Å². The van der Waals surface area contributed by atoms with Gasteiger partial charge in [0.1, 0.15) is 5.60 Å². The van der Waals surface area contributed by atoms with E-state index in [0.717, 1.165) is 25.7 Å². The van der Waals surface area contributed by atoms with Crippen molar-refractivity contribution in [2.24, 2.45) is 5.92 Å². The van der Waals surface area contributed by atoms with Gasteiger partial charge in [-0.3, -0.25) is 0 Å². The largest absolute Gasteiger partial charge is 0.444 e. The van der Waals surface area contributed by atoms with Gasteiger partial charge in [0, 0.05) is 19.7 Å². The molecule has 1 aliphatic heterocycles. The molecular formula is C21H33NO4. The summed E-state index contributed by atoms with van der Waals surface area (Å²) < 4.78 is 11.1. The van der Waals surface area contributed by atoms with Crippen molar-refractivity contribution in [1.82, 2.24) is 4.90 Å². The van der Waals surface area contributed by atoms with Crippen LogP contribution in [0.4, 0.5) is 4.79 Å². The van der Waals surface area contributed by atoms with Crippen LogP contribution in [0, 0.1) is 5.92 Å². The minimum atomic E-state index is -0.465. The summed E-state index contributed by atoms with van der Waals surface area (Å²) in [6.45, 7) is 8.21. The third kappa shape index (κ3) is 7.34. The van der Waals surface area contributed by atoms with E-state index >= 15 is 0 Å². The van der Waals surface area contributed by atoms with Crippen LogP contribution in [0.15, 0.2) is 30.3 Å². The molecule has 0 radical (unpaired) electrons. The van der Waals surface area contributed by atoms with E-state index in [4.69, 9.17) is 9.47 Å². The Morgan fingerprint density at radius 3 is 2.50 bits per heavy atom. The lowest BCUT2D eigenvalue weighted by Gasteiger charge is -2.35. The van der Waals surface area contributed by atoms with Crippen LogP contribution in [0.2, 0.25) is 0 Å². The number of carbonyl (C=O) groups excluding carboxylic acids is 1. The first-order valence-corrected chi connectivity index (χ1v) is 9.63. The van der Waals surface area contributed by atoms with Crippen LogP contribution in [0.1, 0.15) is 52.0 Å². The molecule has 1 atom stereocenters. The number of rotatable bonds is 7.